The van der Waals surface area contributed by atoms with Crippen molar-refractivity contribution in [1.82, 2.24) is 15.3 Å². The maximum atomic E-state index is 13.6. The minimum absolute atomic E-state index is 0.250. The van der Waals surface area contributed by atoms with E-state index in [0.29, 0.717) is 11.4 Å². The van der Waals surface area contributed by atoms with Gasteiger partial charge in [-0.3, -0.25) is 10.4 Å². The molecule has 0 saturated carbocycles. The lowest BCUT2D eigenvalue weighted by Crippen LogP contribution is -2.43. The molecule has 148 valence electrons. The Balaban J connectivity index is 1.40. The summed E-state index contributed by atoms with van der Waals surface area (Å²) in [6, 6.07) is 12.6. The number of benzene rings is 2. The van der Waals surface area contributed by atoms with Crippen molar-refractivity contribution in [2.24, 2.45) is 0 Å². The first-order chi connectivity index (χ1) is 14.0. The lowest BCUT2D eigenvalue weighted by Gasteiger charge is -2.36. The zero-order valence-corrected chi connectivity index (χ0v) is 15.3. The number of hydroxylamine groups is 2. The van der Waals surface area contributed by atoms with Gasteiger partial charge in [-0.1, -0.05) is 12.1 Å². The molecule has 4 rings (SSSR count). The predicted molar refractivity (Wildman–Crippen MR) is 101 cm³/mol. The molecule has 0 unspecified atom stereocenters. The van der Waals surface area contributed by atoms with Crippen molar-refractivity contribution in [3.8, 4) is 6.07 Å². The SMILES string of the molecule is N#CC1(c2cc(F)cc(F)c2)CCN(OC(=O)Nc2n[nH]c3ccccc23)CC1. The minimum atomic E-state index is -1.03. The van der Waals surface area contributed by atoms with Crippen LogP contribution in [0.3, 0.4) is 0 Å². The van der Waals surface area contributed by atoms with Crippen LogP contribution >= 0.6 is 0 Å². The van der Waals surface area contributed by atoms with Crippen molar-refractivity contribution in [2.45, 2.75) is 18.3 Å². The molecule has 9 heteroatoms. The Bertz CT molecular complexity index is 1080. The highest BCUT2D eigenvalue weighted by Gasteiger charge is 2.38. The van der Waals surface area contributed by atoms with E-state index in [1.807, 2.05) is 24.3 Å². The lowest BCUT2D eigenvalue weighted by molar-refractivity contribution is -0.113. The van der Waals surface area contributed by atoms with Gasteiger partial charge in [-0.25, -0.2) is 13.6 Å². The highest BCUT2D eigenvalue weighted by molar-refractivity contribution is 5.96. The summed E-state index contributed by atoms with van der Waals surface area (Å²) in [6.07, 6.45) is -0.167. The highest BCUT2D eigenvalue weighted by atomic mass is 19.1. The van der Waals surface area contributed by atoms with Gasteiger partial charge in [-0.05, 0) is 42.7 Å². The molecule has 0 spiro atoms. The van der Waals surface area contributed by atoms with E-state index in [0.717, 1.165) is 17.0 Å². The monoisotopic (exact) mass is 397 g/mol. The van der Waals surface area contributed by atoms with Gasteiger partial charge >= 0.3 is 6.09 Å². The van der Waals surface area contributed by atoms with E-state index in [1.165, 1.54) is 17.2 Å². The summed E-state index contributed by atoms with van der Waals surface area (Å²) in [5, 5.41) is 21.3. The number of nitrogens with one attached hydrogen (secondary N) is 2. The number of aromatic amines is 1. The lowest BCUT2D eigenvalue weighted by atomic mass is 9.74. The van der Waals surface area contributed by atoms with E-state index in [2.05, 4.69) is 21.6 Å². The third kappa shape index (κ3) is 3.75. The number of amides is 1. The fourth-order valence-electron chi connectivity index (χ4n) is 3.55. The van der Waals surface area contributed by atoms with Crippen molar-refractivity contribution in [1.29, 1.82) is 5.26 Å². The number of hydrogen-bond donors (Lipinski definition) is 2. The molecule has 1 amide bonds. The molecule has 0 radical (unpaired) electrons. The van der Waals surface area contributed by atoms with Crippen LogP contribution in [-0.4, -0.2) is 34.4 Å². The largest absolute Gasteiger partial charge is 0.432 e. The van der Waals surface area contributed by atoms with Gasteiger partial charge in [-0.15, -0.1) is 5.06 Å². The normalized spacial score (nSPS) is 16.3. The molecule has 1 aromatic heterocycles. The Labute approximate surface area is 164 Å². The van der Waals surface area contributed by atoms with Crippen LogP contribution in [0.15, 0.2) is 42.5 Å². The van der Waals surface area contributed by atoms with Gasteiger partial charge in [0.2, 0.25) is 0 Å². The van der Waals surface area contributed by atoms with Gasteiger partial charge in [0.25, 0.3) is 0 Å². The summed E-state index contributed by atoms with van der Waals surface area (Å²) in [7, 11) is 0. The average molecular weight is 397 g/mol. The highest BCUT2D eigenvalue weighted by Crippen LogP contribution is 2.36. The molecule has 2 heterocycles. The van der Waals surface area contributed by atoms with Gasteiger partial charge in [0.15, 0.2) is 5.82 Å². The number of para-hydroxylation sites is 1. The zero-order chi connectivity index (χ0) is 20.4. The van der Waals surface area contributed by atoms with Gasteiger partial charge in [0.1, 0.15) is 11.6 Å². The number of nitrogens with zero attached hydrogens (tertiary/aromatic N) is 3. The minimum Gasteiger partial charge on any atom is -0.351 e. The number of anilines is 1. The zero-order valence-electron chi connectivity index (χ0n) is 15.3. The topological polar surface area (TPSA) is 94.0 Å². The second kappa shape index (κ2) is 7.48. The molecule has 0 bridgehead atoms. The summed E-state index contributed by atoms with van der Waals surface area (Å²) in [5.74, 6) is -1.10. The van der Waals surface area contributed by atoms with Crippen molar-refractivity contribution >= 4 is 22.8 Å². The van der Waals surface area contributed by atoms with Crippen molar-refractivity contribution in [2.75, 3.05) is 18.4 Å². The number of H-pyrrole nitrogens is 1. The summed E-state index contributed by atoms with van der Waals surface area (Å²) in [4.78, 5) is 17.5. The molecule has 7 nitrogen and oxygen atoms in total. The van der Waals surface area contributed by atoms with Crippen molar-refractivity contribution < 1.29 is 18.4 Å². The average Bonchev–Trinajstić information content (AvgIpc) is 3.11. The van der Waals surface area contributed by atoms with E-state index >= 15 is 0 Å². The van der Waals surface area contributed by atoms with Crippen LogP contribution in [0.1, 0.15) is 18.4 Å². The number of fused-ring (bicyclic) bond motifs is 1. The summed E-state index contributed by atoms with van der Waals surface area (Å²) < 4.78 is 27.2. The van der Waals surface area contributed by atoms with Gasteiger partial charge in [0, 0.05) is 24.5 Å². The van der Waals surface area contributed by atoms with E-state index in [9.17, 15) is 18.8 Å². The number of halogens is 2. The van der Waals surface area contributed by atoms with Crippen LogP contribution in [0.5, 0.6) is 0 Å². The summed E-state index contributed by atoms with van der Waals surface area (Å²) >= 11 is 0. The van der Waals surface area contributed by atoms with E-state index < -0.39 is 23.1 Å². The van der Waals surface area contributed by atoms with Crippen LogP contribution in [0.2, 0.25) is 0 Å². The molecule has 1 aliphatic heterocycles. The molecule has 1 aliphatic rings. The van der Waals surface area contributed by atoms with Crippen LogP contribution < -0.4 is 5.32 Å². The maximum absolute atomic E-state index is 13.6. The number of aromatic nitrogens is 2. The number of nitriles is 1. The molecule has 2 aromatic carbocycles. The fraction of sp³-hybridized carbons (Fsp3) is 0.250. The fourth-order valence-corrected chi connectivity index (χ4v) is 3.55. The number of hydrogen-bond acceptors (Lipinski definition) is 5. The van der Waals surface area contributed by atoms with E-state index in [4.69, 9.17) is 4.84 Å². The molecule has 0 aliphatic carbocycles. The Hall–Kier alpha value is -3.51. The quantitative estimate of drug-likeness (QED) is 0.700. The first-order valence-electron chi connectivity index (χ1n) is 9.04. The van der Waals surface area contributed by atoms with Crippen LogP contribution in [-0.2, 0) is 10.3 Å². The van der Waals surface area contributed by atoms with Gasteiger partial charge in [-0.2, -0.15) is 10.4 Å². The van der Waals surface area contributed by atoms with Crippen LogP contribution in [0.4, 0.5) is 19.4 Å². The Kier molecular flexibility index (Phi) is 4.86. The first-order valence-corrected chi connectivity index (χ1v) is 9.04. The second-order valence-electron chi connectivity index (χ2n) is 6.90. The number of carbonyl (C=O) groups excluding carboxylic acids is 1. The molecule has 1 saturated heterocycles. The van der Waals surface area contributed by atoms with Crippen LogP contribution in [0.25, 0.3) is 10.9 Å². The number of rotatable bonds is 3. The Morgan fingerprint density at radius 3 is 2.59 bits per heavy atom. The first kappa shape index (κ1) is 18.8. The molecule has 0 atom stereocenters. The second-order valence-corrected chi connectivity index (χ2v) is 6.90. The maximum Gasteiger partial charge on any atom is 0.432 e. The molecule has 3 aromatic rings. The van der Waals surface area contributed by atoms with Crippen molar-refractivity contribution in [3.05, 3.63) is 59.7 Å². The van der Waals surface area contributed by atoms with Gasteiger partial charge < -0.3 is 4.84 Å². The Morgan fingerprint density at radius 2 is 1.90 bits per heavy atom. The molecular weight excluding hydrogens is 380 g/mol. The third-order valence-electron chi connectivity index (χ3n) is 5.11. The molecule has 2 N–H and O–H groups in total. The molecule has 1 fully saturated rings. The summed E-state index contributed by atoms with van der Waals surface area (Å²) in [5.41, 5.74) is 0.0454. The predicted octanol–water partition coefficient (Wildman–Crippen LogP) is 3.86. The number of piperidine rings is 1. The molecule has 29 heavy (non-hydrogen) atoms. The van der Waals surface area contributed by atoms with Gasteiger partial charge in [0.05, 0.1) is 17.0 Å². The van der Waals surface area contributed by atoms with Crippen LogP contribution in [0, 0.1) is 23.0 Å². The smallest absolute Gasteiger partial charge is 0.351 e. The standard InChI is InChI=1S/C20H17F2N5O2/c21-14-9-13(10-15(22)11-14)20(12-23)5-7-27(8-6-20)29-19(28)24-18-16-3-1-2-4-17(16)25-26-18/h1-4,9-11H,5-8H2,(H2,24,25,26,28). The molecular formula is C20H17F2N5O2. The third-order valence-corrected chi connectivity index (χ3v) is 5.11. The van der Waals surface area contributed by atoms with Crippen molar-refractivity contribution in [3.63, 3.8) is 0 Å². The van der Waals surface area contributed by atoms with E-state index in [-0.39, 0.29) is 25.9 Å². The van der Waals surface area contributed by atoms with E-state index in [1.54, 1.807) is 0 Å². The number of carbonyl (C=O) groups is 1. The Morgan fingerprint density at radius 1 is 1.21 bits per heavy atom. The summed E-state index contributed by atoms with van der Waals surface area (Å²) in [6.45, 7) is 0.501.